The van der Waals surface area contributed by atoms with Crippen LogP contribution in [0, 0.1) is 25.2 Å². The van der Waals surface area contributed by atoms with Gasteiger partial charge >= 0.3 is 0 Å². The minimum atomic E-state index is -0.642. The molecule has 140 valence electrons. The molecule has 0 aliphatic carbocycles. The molecule has 1 unspecified atom stereocenters. The number of aryl methyl sites for hydroxylation is 1. The van der Waals surface area contributed by atoms with Crippen molar-refractivity contribution >= 4 is 11.8 Å². The fourth-order valence-electron chi connectivity index (χ4n) is 2.76. The summed E-state index contributed by atoms with van der Waals surface area (Å²) in [5.74, 6) is 2.05. The SMILES string of the molecule is C#CCN(Cc1ccc(C)cc1)C(=O)C(NC(=O)c1ccccc1)C(C)C. The highest BCUT2D eigenvalue weighted by atomic mass is 16.2. The van der Waals surface area contributed by atoms with E-state index in [1.807, 2.05) is 51.1 Å². The highest BCUT2D eigenvalue weighted by molar-refractivity contribution is 5.97. The summed E-state index contributed by atoms with van der Waals surface area (Å²) >= 11 is 0. The van der Waals surface area contributed by atoms with Crippen LogP contribution >= 0.6 is 0 Å². The van der Waals surface area contributed by atoms with Crippen molar-refractivity contribution in [2.75, 3.05) is 6.54 Å². The van der Waals surface area contributed by atoms with Crippen LogP contribution in [-0.2, 0) is 11.3 Å². The second-order valence-corrected chi connectivity index (χ2v) is 6.95. The maximum Gasteiger partial charge on any atom is 0.251 e. The largest absolute Gasteiger partial charge is 0.340 e. The van der Waals surface area contributed by atoms with Crippen molar-refractivity contribution in [3.05, 3.63) is 71.3 Å². The number of carbonyl (C=O) groups is 2. The molecule has 2 aromatic carbocycles. The summed E-state index contributed by atoms with van der Waals surface area (Å²) < 4.78 is 0. The van der Waals surface area contributed by atoms with Crippen LogP contribution in [-0.4, -0.2) is 29.3 Å². The molecule has 1 atom stereocenters. The molecule has 0 aliphatic heterocycles. The molecule has 4 nitrogen and oxygen atoms in total. The van der Waals surface area contributed by atoms with Crippen LogP contribution in [0.4, 0.5) is 0 Å². The quantitative estimate of drug-likeness (QED) is 0.768. The molecule has 0 radical (unpaired) electrons. The number of benzene rings is 2. The Kier molecular flexibility index (Phi) is 7.19. The Balaban J connectivity index is 2.17. The standard InChI is InChI=1S/C23H26N2O2/c1-5-15-25(16-19-13-11-18(4)12-14-19)23(27)21(17(2)3)24-22(26)20-9-7-6-8-10-20/h1,6-14,17,21H,15-16H2,2-4H3,(H,24,26). The second-order valence-electron chi connectivity index (χ2n) is 6.95. The van der Waals surface area contributed by atoms with Crippen LogP contribution in [0.15, 0.2) is 54.6 Å². The third-order valence-corrected chi connectivity index (χ3v) is 4.34. The predicted molar refractivity (Wildman–Crippen MR) is 108 cm³/mol. The summed E-state index contributed by atoms with van der Waals surface area (Å²) in [7, 11) is 0. The van der Waals surface area contributed by atoms with E-state index in [-0.39, 0.29) is 24.3 Å². The maximum atomic E-state index is 13.1. The lowest BCUT2D eigenvalue weighted by Gasteiger charge is -2.29. The van der Waals surface area contributed by atoms with Crippen molar-refractivity contribution in [3.63, 3.8) is 0 Å². The number of carbonyl (C=O) groups excluding carboxylic acids is 2. The topological polar surface area (TPSA) is 49.4 Å². The van der Waals surface area contributed by atoms with Crippen LogP contribution in [0.2, 0.25) is 0 Å². The Morgan fingerprint density at radius 3 is 2.26 bits per heavy atom. The number of terminal acetylenes is 1. The van der Waals surface area contributed by atoms with E-state index in [2.05, 4.69) is 11.2 Å². The average molecular weight is 362 g/mol. The highest BCUT2D eigenvalue weighted by Crippen LogP contribution is 2.12. The van der Waals surface area contributed by atoms with E-state index < -0.39 is 6.04 Å². The van der Waals surface area contributed by atoms with Gasteiger partial charge in [0.2, 0.25) is 5.91 Å². The maximum absolute atomic E-state index is 13.1. The Morgan fingerprint density at radius 2 is 1.70 bits per heavy atom. The average Bonchev–Trinajstić information content (AvgIpc) is 2.67. The zero-order chi connectivity index (χ0) is 19.8. The molecule has 27 heavy (non-hydrogen) atoms. The summed E-state index contributed by atoms with van der Waals surface area (Å²) in [4.78, 5) is 27.3. The third-order valence-electron chi connectivity index (χ3n) is 4.34. The van der Waals surface area contributed by atoms with Crippen molar-refractivity contribution in [1.82, 2.24) is 10.2 Å². The van der Waals surface area contributed by atoms with Crippen molar-refractivity contribution in [2.45, 2.75) is 33.4 Å². The molecule has 0 saturated heterocycles. The number of nitrogens with zero attached hydrogens (tertiary/aromatic N) is 1. The molecule has 4 heteroatoms. The smallest absolute Gasteiger partial charge is 0.251 e. The lowest BCUT2D eigenvalue weighted by molar-refractivity contribution is -0.134. The predicted octanol–water partition coefficient (Wildman–Crippen LogP) is 3.41. The van der Waals surface area contributed by atoms with Gasteiger partial charge in [0.15, 0.2) is 0 Å². The van der Waals surface area contributed by atoms with E-state index in [4.69, 9.17) is 6.42 Å². The van der Waals surface area contributed by atoms with Gasteiger partial charge in [0.25, 0.3) is 5.91 Å². The monoisotopic (exact) mass is 362 g/mol. The zero-order valence-electron chi connectivity index (χ0n) is 16.1. The van der Waals surface area contributed by atoms with Gasteiger partial charge in [-0.1, -0.05) is 67.8 Å². The Hall–Kier alpha value is -3.06. The van der Waals surface area contributed by atoms with Gasteiger partial charge in [-0.2, -0.15) is 0 Å². The minimum Gasteiger partial charge on any atom is -0.340 e. The molecule has 0 fully saturated rings. The van der Waals surface area contributed by atoms with Gasteiger partial charge in [-0.05, 0) is 30.5 Å². The first-order valence-corrected chi connectivity index (χ1v) is 9.06. The molecule has 2 amide bonds. The van der Waals surface area contributed by atoms with Gasteiger partial charge < -0.3 is 10.2 Å². The molecule has 2 aromatic rings. The molecule has 0 aromatic heterocycles. The zero-order valence-corrected chi connectivity index (χ0v) is 16.1. The Morgan fingerprint density at radius 1 is 1.07 bits per heavy atom. The molecule has 0 heterocycles. The summed E-state index contributed by atoms with van der Waals surface area (Å²) in [6.07, 6.45) is 5.48. The van der Waals surface area contributed by atoms with Crippen molar-refractivity contribution in [3.8, 4) is 12.3 Å². The van der Waals surface area contributed by atoms with Gasteiger partial charge in [-0.15, -0.1) is 6.42 Å². The normalized spacial score (nSPS) is 11.5. The lowest BCUT2D eigenvalue weighted by Crippen LogP contribution is -2.51. The Bertz CT molecular complexity index is 805. The summed E-state index contributed by atoms with van der Waals surface area (Å²) in [6.45, 7) is 6.44. The van der Waals surface area contributed by atoms with E-state index in [9.17, 15) is 9.59 Å². The van der Waals surface area contributed by atoms with Gasteiger partial charge in [-0.25, -0.2) is 0 Å². The van der Waals surface area contributed by atoms with Gasteiger partial charge in [0.1, 0.15) is 6.04 Å². The van der Waals surface area contributed by atoms with E-state index in [0.717, 1.165) is 11.1 Å². The van der Waals surface area contributed by atoms with Crippen LogP contribution in [0.1, 0.15) is 35.3 Å². The molecule has 0 aliphatic rings. The van der Waals surface area contributed by atoms with Crippen LogP contribution in [0.3, 0.4) is 0 Å². The molecule has 0 spiro atoms. The van der Waals surface area contributed by atoms with Crippen LogP contribution in [0.25, 0.3) is 0 Å². The lowest BCUT2D eigenvalue weighted by atomic mass is 10.0. The molecule has 1 N–H and O–H groups in total. The highest BCUT2D eigenvalue weighted by Gasteiger charge is 2.28. The summed E-state index contributed by atoms with van der Waals surface area (Å²) in [5, 5.41) is 2.87. The van der Waals surface area contributed by atoms with Crippen molar-refractivity contribution < 1.29 is 9.59 Å². The van der Waals surface area contributed by atoms with Gasteiger partial charge in [0, 0.05) is 12.1 Å². The molecule has 2 rings (SSSR count). The number of nitrogens with one attached hydrogen (secondary N) is 1. The second kappa shape index (κ2) is 9.59. The molecule has 0 saturated carbocycles. The Labute approximate surface area is 161 Å². The van der Waals surface area contributed by atoms with E-state index in [1.165, 1.54) is 0 Å². The number of amides is 2. The van der Waals surface area contributed by atoms with E-state index in [1.54, 1.807) is 29.2 Å². The van der Waals surface area contributed by atoms with E-state index in [0.29, 0.717) is 12.1 Å². The fourth-order valence-corrected chi connectivity index (χ4v) is 2.76. The number of rotatable bonds is 7. The molecular formula is C23H26N2O2. The first kappa shape index (κ1) is 20.3. The number of hydrogen-bond donors (Lipinski definition) is 1. The van der Waals surface area contributed by atoms with E-state index >= 15 is 0 Å². The van der Waals surface area contributed by atoms with Crippen LogP contribution in [0.5, 0.6) is 0 Å². The minimum absolute atomic E-state index is 0.0662. The van der Waals surface area contributed by atoms with Crippen molar-refractivity contribution in [1.29, 1.82) is 0 Å². The summed E-state index contributed by atoms with van der Waals surface area (Å²) in [6, 6.07) is 16.2. The first-order chi connectivity index (χ1) is 12.9. The third kappa shape index (κ3) is 5.72. The van der Waals surface area contributed by atoms with Crippen molar-refractivity contribution in [2.24, 2.45) is 5.92 Å². The molecule has 0 bridgehead atoms. The van der Waals surface area contributed by atoms with Gasteiger partial charge in [0.05, 0.1) is 6.54 Å². The van der Waals surface area contributed by atoms with Gasteiger partial charge in [-0.3, -0.25) is 9.59 Å². The fraction of sp³-hybridized carbons (Fsp3) is 0.304. The number of hydrogen-bond acceptors (Lipinski definition) is 2. The van der Waals surface area contributed by atoms with Crippen LogP contribution < -0.4 is 5.32 Å². The molecular weight excluding hydrogens is 336 g/mol. The summed E-state index contributed by atoms with van der Waals surface area (Å²) in [5.41, 5.74) is 2.68. The first-order valence-electron chi connectivity index (χ1n) is 9.06.